The van der Waals surface area contributed by atoms with Gasteiger partial charge in [0.15, 0.2) is 0 Å². The molecule has 2 aromatic carbocycles. The zero-order chi connectivity index (χ0) is 17.5. The number of benzene rings is 2. The van der Waals surface area contributed by atoms with E-state index in [2.05, 4.69) is 0 Å². The quantitative estimate of drug-likeness (QED) is 0.727. The Morgan fingerprint density at radius 2 is 1.60 bits per heavy atom. The van der Waals surface area contributed by atoms with Gasteiger partial charge in [0, 0.05) is 12.6 Å². The van der Waals surface area contributed by atoms with Gasteiger partial charge in [-0.15, -0.1) is 0 Å². The van der Waals surface area contributed by atoms with Gasteiger partial charge in [-0.1, -0.05) is 60.7 Å². The van der Waals surface area contributed by atoms with Crippen LogP contribution in [0.3, 0.4) is 0 Å². The number of hydrogen-bond acceptors (Lipinski definition) is 3. The van der Waals surface area contributed by atoms with Crippen molar-refractivity contribution < 1.29 is 13.2 Å². The highest BCUT2D eigenvalue weighted by Crippen LogP contribution is 2.22. The van der Waals surface area contributed by atoms with Crippen LogP contribution in [0.4, 0.5) is 0 Å². The van der Waals surface area contributed by atoms with Gasteiger partial charge in [-0.2, -0.15) is 4.31 Å². The summed E-state index contributed by atoms with van der Waals surface area (Å²) in [6.45, 7) is 1.59. The average molecular weight is 359 g/mol. The van der Waals surface area contributed by atoms with Crippen molar-refractivity contribution >= 4 is 10.0 Å². The van der Waals surface area contributed by atoms with Crippen LogP contribution in [-0.2, 0) is 27.8 Å². The first kappa shape index (κ1) is 18.1. The van der Waals surface area contributed by atoms with E-state index >= 15 is 0 Å². The van der Waals surface area contributed by atoms with Crippen LogP contribution >= 0.6 is 0 Å². The largest absolute Gasteiger partial charge is 0.375 e. The van der Waals surface area contributed by atoms with Gasteiger partial charge in [0.1, 0.15) is 0 Å². The van der Waals surface area contributed by atoms with Crippen molar-refractivity contribution in [1.82, 2.24) is 4.31 Å². The maximum Gasteiger partial charge on any atom is 0.214 e. The number of hydrogen-bond donors (Lipinski definition) is 0. The highest BCUT2D eigenvalue weighted by atomic mass is 32.2. The van der Waals surface area contributed by atoms with Crippen LogP contribution in [0, 0.1) is 0 Å². The standard InChI is InChI=1S/C20H25NO3S/c22-25(23,15-13-18-8-3-1-4-9-18)21-14-7-12-20(21)17-24-16-19-10-5-2-6-11-19/h1-6,8-11,20H,7,12-17H2. The van der Waals surface area contributed by atoms with Crippen molar-refractivity contribution in [2.24, 2.45) is 0 Å². The fraction of sp³-hybridized carbons (Fsp3) is 0.400. The summed E-state index contributed by atoms with van der Waals surface area (Å²) in [4.78, 5) is 0. The van der Waals surface area contributed by atoms with Crippen molar-refractivity contribution in [2.45, 2.75) is 31.9 Å². The Morgan fingerprint density at radius 1 is 0.960 bits per heavy atom. The minimum absolute atomic E-state index is 0.0375. The Kier molecular flexibility index (Phi) is 6.24. The van der Waals surface area contributed by atoms with Crippen molar-refractivity contribution in [3.63, 3.8) is 0 Å². The molecule has 0 N–H and O–H groups in total. The Bertz CT molecular complexity index is 747. The molecule has 1 aliphatic rings. The lowest BCUT2D eigenvalue weighted by molar-refractivity contribution is 0.0873. The van der Waals surface area contributed by atoms with Gasteiger partial charge in [0.25, 0.3) is 0 Å². The SMILES string of the molecule is O=S(=O)(CCc1ccccc1)N1CCCC1COCc1ccccc1. The van der Waals surface area contributed by atoms with E-state index in [-0.39, 0.29) is 11.8 Å². The van der Waals surface area contributed by atoms with Crippen LogP contribution in [0.15, 0.2) is 60.7 Å². The van der Waals surface area contributed by atoms with Crippen LogP contribution in [0.2, 0.25) is 0 Å². The second-order valence-electron chi connectivity index (χ2n) is 6.46. The van der Waals surface area contributed by atoms with E-state index in [9.17, 15) is 8.42 Å². The van der Waals surface area contributed by atoms with Gasteiger partial charge in [0.2, 0.25) is 10.0 Å². The minimum atomic E-state index is -3.25. The summed E-state index contributed by atoms with van der Waals surface area (Å²) in [6, 6.07) is 19.7. The summed E-state index contributed by atoms with van der Waals surface area (Å²) < 4.78 is 32.9. The molecule has 25 heavy (non-hydrogen) atoms. The monoisotopic (exact) mass is 359 g/mol. The Morgan fingerprint density at radius 3 is 2.28 bits per heavy atom. The molecule has 4 nitrogen and oxygen atoms in total. The van der Waals surface area contributed by atoms with Gasteiger partial charge >= 0.3 is 0 Å². The number of ether oxygens (including phenoxy) is 1. The molecule has 0 spiro atoms. The first-order valence-corrected chi connectivity index (χ1v) is 10.4. The van der Waals surface area contributed by atoms with Crippen LogP contribution < -0.4 is 0 Å². The smallest absolute Gasteiger partial charge is 0.214 e. The lowest BCUT2D eigenvalue weighted by atomic mass is 10.2. The van der Waals surface area contributed by atoms with E-state index in [4.69, 9.17) is 4.74 Å². The Balaban J connectivity index is 1.52. The molecule has 0 aromatic heterocycles. The lowest BCUT2D eigenvalue weighted by Gasteiger charge is -2.24. The maximum absolute atomic E-state index is 12.7. The van der Waals surface area contributed by atoms with Crippen LogP contribution in [0.1, 0.15) is 24.0 Å². The van der Waals surface area contributed by atoms with Crippen molar-refractivity contribution in [1.29, 1.82) is 0 Å². The molecule has 1 atom stereocenters. The summed E-state index contributed by atoms with van der Waals surface area (Å²) in [6.07, 6.45) is 2.33. The van der Waals surface area contributed by atoms with Gasteiger partial charge in [-0.05, 0) is 30.4 Å². The third kappa shape index (κ3) is 5.14. The highest BCUT2D eigenvalue weighted by Gasteiger charge is 2.33. The molecule has 3 rings (SSSR count). The fourth-order valence-electron chi connectivity index (χ4n) is 3.24. The van der Waals surface area contributed by atoms with Gasteiger partial charge in [-0.25, -0.2) is 8.42 Å². The second kappa shape index (κ2) is 8.61. The summed E-state index contributed by atoms with van der Waals surface area (Å²) in [5.41, 5.74) is 2.17. The van der Waals surface area contributed by atoms with Gasteiger partial charge < -0.3 is 4.74 Å². The third-order valence-electron chi connectivity index (χ3n) is 4.59. The molecule has 0 aliphatic carbocycles. The third-order valence-corrected chi connectivity index (χ3v) is 6.51. The molecule has 1 unspecified atom stereocenters. The molecular weight excluding hydrogens is 334 g/mol. The molecule has 134 valence electrons. The first-order chi connectivity index (χ1) is 12.1. The molecule has 5 heteroatoms. The van der Waals surface area contributed by atoms with Crippen molar-refractivity contribution in [2.75, 3.05) is 18.9 Å². The topological polar surface area (TPSA) is 46.6 Å². The number of aryl methyl sites for hydroxylation is 1. The molecule has 1 aliphatic heterocycles. The van der Waals surface area contributed by atoms with Gasteiger partial charge in [0.05, 0.1) is 19.0 Å². The molecule has 1 heterocycles. The Hall–Kier alpha value is -1.69. The molecule has 0 bridgehead atoms. The normalized spacial score (nSPS) is 18.5. The number of nitrogens with zero attached hydrogens (tertiary/aromatic N) is 1. The van der Waals surface area contributed by atoms with E-state index in [1.807, 2.05) is 60.7 Å². The minimum Gasteiger partial charge on any atom is -0.375 e. The van der Waals surface area contributed by atoms with E-state index in [1.165, 1.54) is 0 Å². The summed E-state index contributed by atoms with van der Waals surface area (Å²) in [7, 11) is -3.25. The molecule has 0 radical (unpaired) electrons. The van der Waals surface area contributed by atoms with Gasteiger partial charge in [-0.3, -0.25) is 0 Å². The molecule has 1 fully saturated rings. The zero-order valence-corrected chi connectivity index (χ0v) is 15.2. The summed E-state index contributed by atoms with van der Waals surface area (Å²) in [5.74, 6) is 0.159. The second-order valence-corrected chi connectivity index (χ2v) is 8.50. The molecule has 0 amide bonds. The molecule has 2 aromatic rings. The highest BCUT2D eigenvalue weighted by molar-refractivity contribution is 7.89. The van der Waals surface area contributed by atoms with E-state index in [0.717, 1.165) is 24.0 Å². The Labute approximate surface area is 150 Å². The molecular formula is C20H25NO3S. The van der Waals surface area contributed by atoms with Crippen LogP contribution in [0.5, 0.6) is 0 Å². The summed E-state index contributed by atoms with van der Waals surface area (Å²) in [5, 5.41) is 0. The predicted octanol–water partition coefficient (Wildman–Crippen LogP) is 3.24. The lowest BCUT2D eigenvalue weighted by Crippen LogP contribution is -2.40. The number of rotatable bonds is 8. The number of sulfonamides is 1. The summed E-state index contributed by atoms with van der Waals surface area (Å²) >= 11 is 0. The molecule has 1 saturated heterocycles. The van der Waals surface area contributed by atoms with E-state index in [0.29, 0.717) is 26.2 Å². The van der Waals surface area contributed by atoms with Crippen molar-refractivity contribution in [3.05, 3.63) is 71.8 Å². The predicted molar refractivity (Wildman–Crippen MR) is 99.8 cm³/mol. The fourth-order valence-corrected chi connectivity index (χ4v) is 4.99. The van der Waals surface area contributed by atoms with Crippen LogP contribution in [0.25, 0.3) is 0 Å². The van der Waals surface area contributed by atoms with Crippen LogP contribution in [-0.4, -0.2) is 37.7 Å². The molecule has 0 saturated carbocycles. The zero-order valence-electron chi connectivity index (χ0n) is 14.4. The van der Waals surface area contributed by atoms with E-state index < -0.39 is 10.0 Å². The maximum atomic E-state index is 12.7. The first-order valence-electron chi connectivity index (χ1n) is 8.80. The average Bonchev–Trinajstić information content (AvgIpc) is 3.11. The van der Waals surface area contributed by atoms with E-state index in [1.54, 1.807) is 4.31 Å². The van der Waals surface area contributed by atoms with Crippen molar-refractivity contribution in [3.8, 4) is 0 Å².